The normalized spacial score (nSPS) is 13.0. The Labute approximate surface area is 170 Å². The predicted molar refractivity (Wildman–Crippen MR) is 118 cm³/mol. The van der Waals surface area contributed by atoms with E-state index >= 15 is 0 Å². The molecule has 154 valence electrons. The fourth-order valence-corrected chi connectivity index (χ4v) is 3.35. The molecule has 2 aromatic rings. The second-order valence-electron chi connectivity index (χ2n) is 7.49. The Morgan fingerprint density at radius 1 is 1.18 bits per heavy atom. The van der Waals surface area contributed by atoms with Crippen molar-refractivity contribution in [2.75, 3.05) is 27.2 Å². The lowest BCUT2D eigenvalue weighted by molar-refractivity contribution is 0.238. The third-order valence-corrected chi connectivity index (χ3v) is 5.43. The summed E-state index contributed by atoms with van der Waals surface area (Å²) in [4.78, 5) is 6.73. The van der Waals surface area contributed by atoms with E-state index in [1.165, 1.54) is 16.8 Å². The van der Waals surface area contributed by atoms with Crippen molar-refractivity contribution in [1.82, 2.24) is 25.3 Å². The first-order valence-electron chi connectivity index (χ1n) is 10.1. The number of rotatable bonds is 9. The zero-order valence-electron chi connectivity index (χ0n) is 18.3. The molecule has 1 unspecified atom stereocenters. The molecule has 0 radical (unpaired) electrons. The van der Waals surface area contributed by atoms with Crippen LogP contribution in [0.3, 0.4) is 0 Å². The van der Waals surface area contributed by atoms with Crippen LogP contribution in [0, 0.1) is 13.8 Å². The molecule has 6 nitrogen and oxygen atoms in total. The van der Waals surface area contributed by atoms with Crippen molar-refractivity contribution in [1.29, 1.82) is 0 Å². The van der Waals surface area contributed by atoms with E-state index in [0.717, 1.165) is 44.1 Å². The van der Waals surface area contributed by atoms with Gasteiger partial charge in [0.25, 0.3) is 0 Å². The summed E-state index contributed by atoms with van der Waals surface area (Å²) in [5.74, 6) is 0.858. The average Bonchev–Trinajstić information content (AvgIpc) is 2.93. The standard InChI is InChI=1S/C22H36N6/c1-17(27(5)16-20-10-8-7-9-11-20)12-14-24-22(23-4)25-15-13-21-18(2)26-28(6)19(21)3/h7-11,17H,12-16H2,1-6H3,(H2,23,24,25). The Morgan fingerprint density at radius 2 is 1.86 bits per heavy atom. The summed E-state index contributed by atoms with van der Waals surface area (Å²) in [6, 6.07) is 11.1. The number of hydrogen-bond donors (Lipinski definition) is 2. The highest BCUT2D eigenvalue weighted by Gasteiger charge is 2.11. The zero-order valence-corrected chi connectivity index (χ0v) is 18.3. The van der Waals surface area contributed by atoms with E-state index in [-0.39, 0.29) is 0 Å². The summed E-state index contributed by atoms with van der Waals surface area (Å²) in [5.41, 5.74) is 5.02. The Bertz CT molecular complexity index is 750. The molecular weight excluding hydrogens is 348 g/mol. The van der Waals surface area contributed by atoms with Gasteiger partial charge in [0, 0.05) is 45.5 Å². The highest BCUT2D eigenvalue weighted by Crippen LogP contribution is 2.12. The number of hydrogen-bond acceptors (Lipinski definition) is 3. The van der Waals surface area contributed by atoms with Crippen LogP contribution in [0.25, 0.3) is 0 Å². The summed E-state index contributed by atoms with van der Waals surface area (Å²) in [6.07, 6.45) is 2.01. The van der Waals surface area contributed by atoms with Crippen LogP contribution in [-0.4, -0.2) is 53.9 Å². The molecule has 28 heavy (non-hydrogen) atoms. The van der Waals surface area contributed by atoms with Gasteiger partial charge in [-0.05, 0) is 51.8 Å². The molecule has 0 amide bonds. The fraction of sp³-hybridized carbons (Fsp3) is 0.545. The van der Waals surface area contributed by atoms with Gasteiger partial charge < -0.3 is 10.6 Å². The van der Waals surface area contributed by atoms with E-state index in [9.17, 15) is 0 Å². The molecule has 2 N–H and O–H groups in total. The van der Waals surface area contributed by atoms with Gasteiger partial charge in [-0.1, -0.05) is 30.3 Å². The van der Waals surface area contributed by atoms with E-state index in [4.69, 9.17) is 0 Å². The number of benzene rings is 1. The predicted octanol–water partition coefficient (Wildman–Crippen LogP) is 2.66. The summed E-state index contributed by atoms with van der Waals surface area (Å²) >= 11 is 0. The van der Waals surface area contributed by atoms with Crippen LogP contribution in [0.1, 0.15) is 35.9 Å². The maximum absolute atomic E-state index is 4.48. The van der Waals surface area contributed by atoms with Crippen molar-refractivity contribution < 1.29 is 0 Å². The summed E-state index contributed by atoms with van der Waals surface area (Å²) < 4.78 is 1.95. The molecule has 1 aromatic heterocycles. The van der Waals surface area contributed by atoms with Crippen molar-refractivity contribution in [2.24, 2.45) is 12.0 Å². The molecule has 1 aromatic carbocycles. The Kier molecular flexibility index (Phi) is 8.51. The highest BCUT2D eigenvalue weighted by atomic mass is 15.3. The average molecular weight is 385 g/mol. The molecule has 0 aliphatic carbocycles. The molecule has 2 rings (SSSR count). The van der Waals surface area contributed by atoms with Crippen molar-refractivity contribution in [3.63, 3.8) is 0 Å². The number of nitrogens with zero attached hydrogens (tertiary/aromatic N) is 4. The Balaban J connectivity index is 1.70. The lowest BCUT2D eigenvalue weighted by Crippen LogP contribution is -2.40. The van der Waals surface area contributed by atoms with Gasteiger partial charge in [0.1, 0.15) is 0 Å². The van der Waals surface area contributed by atoms with Crippen LogP contribution in [0.4, 0.5) is 0 Å². The first kappa shape index (κ1) is 22.0. The van der Waals surface area contributed by atoms with Gasteiger partial charge in [-0.3, -0.25) is 14.6 Å². The van der Waals surface area contributed by atoms with Gasteiger partial charge >= 0.3 is 0 Å². The molecule has 0 bridgehead atoms. The molecule has 0 saturated carbocycles. The van der Waals surface area contributed by atoms with E-state index in [1.807, 2.05) is 18.8 Å². The smallest absolute Gasteiger partial charge is 0.190 e. The summed E-state index contributed by atoms with van der Waals surface area (Å²) in [5, 5.41) is 11.3. The van der Waals surface area contributed by atoms with E-state index in [1.54, 1.807) is 0 Å². The highest BCUT2D eigenvalue weighted by molar-refractivity contribution is 5.79. The van der Waals surface area contributed by atoms with Crippen molar-refractivity contribution >= 4 is 5.96 Å². The molecular formula is C22H36N6. The number of aliphatic imine (C=N–C) groups is 1. The molecule has 0 spiro atoms. The Morgan fingerprint density at radius 3 is 2.46 bits per heavy atom. The maximum atomic E-state index is 4.48. The van der Waals surface area contributed by atoms with Gasteiger partial charge in [0.05, 0.1) is 5.69 Å². The van der Waals surface area contributed by atoms with Crippen LogP contribution >= 0.6 is 0 Å². The molecule has 0 aliphatic rings. The zero-order chi connectivity index (χ0) is 20.5. The van der Waals surface area contributed by atoms with Crippen molar-refractivity contribution in [3.8, 4) is 0 Å². The van der Waals surface area contributed by atoms with Gasteiger partial charge in [0.15, 0.2) is 5.96 Å². The molecule has 0 fully saturated rings. The monoisotopic (exact) mass is 384 g/mol. The summed E-state index contributed by atoms with van der Waals surface area (Å²) in [7, 11) is 6.00. The lowest BCUT2D eigenvalue weighted by atomic mass is 10.1. The molecule has 6 heteroatoms. The third-order valence-electron chi connectivity index (χ3n) is 5.43. The lowest BCUT2D eigenvalue weighted by Gasteiger charge is -2.25. The van der Waals surface area contributed by atoms with Crippen molar-refractivity contribution in [2.45, 2.75) is 46.2 Å². The van der Waals surface area contributed by atoms with E-state index in [0.29, 0.717) is 6.04 Å². The van der Waals surface area contributed by atoms with Crippen LogP contribution in [0.5, 0.6) is 0 Å². The van der Waals surface area contributed by atoms with E-state index in [2.05, 4.69) is 83.8 Å². The van der Waals surface area contributed by atoms with E-state index < -0.39 is 0 Å². The second-order valence-corrected chi connectivity index (χ2v) is 7.49. The van der Waals surface area contributed by atoms with Crippen LogP contribution in [0.15, 0.2) is 35.3 Å². The van der Waals surface area contributed by atoms with Gasteiger partial charge in [0.2, 0.25) is 0 Å². The number of aromatic nitrogens is 2. The maximum Gasteiger partial charge on any atom is 0.190 e. The molecule has 1 atom stereocenters. The molecule has 1 heterocycles. The minimum absolute atomic E-state index is 0.492. The fourth-order valence-electron chi connectivity index (χ4n) is 3.35. The molecule has 0 saturated heterocycles. The number of guanidine groups is 1. The summed E-state index contributed by atoms with van der Waals surface area (Å²) in [6.45, 7) is 9.17. The molecule has 0 aliphatic heterocycles. The van der Waals surface area contributed by atoms with Crippen LogP contribution < -0.4 is 10.6 Å². The SMILES string of the molecule is CN=C(NCCc1c(C)nn(C)c1C)NCCC(C)N(C)Cc1ccccc1. The van der Waals surface area contributed by atoms with Crippen LogP contribution in [0.2, 0.25) is 0 Å². The minimum atomic E-state index is 0.492. The second kappa shape index (κ2) is 10.9. The van der Waals surface area contributed by atoms with Crippen molar-refractivity contribution in [3.05, 3.63) is 52.8 Å². The minimum Gasteiger partial charge on any atom is -0.356 e. The first-order valence-corrected chi connectivity index (χ1v) is 10.1. The van der Waals surface area contributed by atoms with Crippen LogP contribution in [-0.2, 0) is 20.0 Å². The van der Waals surface area contributed by atoms with Gasteiger partial charge in [-0.15, -0.1) is 0 Å². The van der Waals surface area contributed by atoms with Gasteiger partial charge in [-0.2, -0.15) is 5.10 Å². The Hall–Kier alpha value is -2.34. The first-order chi connectivity index (χ1) is 13.4. The quantitative estimate of drug-likeness (QED) is 0.515. The number of aryl methyl sites for hydroxylation is 2. The third kappa shape index (κ3) is 6.37. The number of nitrogens with one attached hydrogen (secondary N) is 2. The topological polar surface area (TPSA) is 57.5 Å². The van der Waals surface area contributed by atoms with Gasteiger partial charge in [-0.25, -0.2) is 0 Å². The largest absolute Gasteiger partial charge is 0.356 e.